The SMILES string of the molecule is CCC[Si](C)(C)CCOP(=O)(NC(=O)CN1CCC(c2ccc3[nH]c(-c4cn5ncnc5c(C)c4C)c(C(C)C)c3c2)CC1)OCC[SiH](C)C. The van der Waals surface area contributed by atoms with Gasteiger partial charge in [-0.2, -0.15) is 5.10 Å². The smallest absolute Gasteiger partial charge is 0.354 e. The van der Waals surface area contributed by atoms with Crippen LogP contribution in [0.3, 0.4) is 0 Å². The zero-order valence-corrected chi connectivity index (χ0v) is 34.8. The molecule has 1 saturated heterocycles. The first kappa shape index (κ1) is 38.6. The predicted octanol–water partition coefficient (Wildman–Crippen LogP) is 8.66. The van der Waals surface area contributed by atoms with Gasteiger partial charge in [-0.05, 0) is 98.1 Å². The Morgan fingerprint density at radius 3 is 2.52 bits per heavy atom. The van der Waals surface area contributed by atoms with Crippen LogP contribution in [0.5, 0.6) is 0 Å². The van der Waals surface area contributed by atoms with E-state index in [4.69, 9.17) is 9.05 Å². The summed E-state index contributed by atoms with van der Waals surface area (Å²) in [6.07, 6.45) is 6.75. The number of hydrogen-bond donors (Lipinski definition) is 2. The number of rotatable bonds is 16. The third kappa shape index (κ3) is 9.24. The van der Waals surface area contributed by atoms with Crippen molar-refractivity contribution in [1.82, 2.24) is 29.6 Å². The number of benzene rings is 1. The Kier molecular flexibility index (Phi) is 12.7. The quantitative estimate of drug-likeness (QED) is 0.0874. The van der Waals surface area contributed by atoms with Crippen molar-refractivity contribution in [3.8, 4) is 11.3 Å². The first-order chi connectivity index (χ1) is 23.7. The molecule has 3 aromatic heterocycles. The second kappa shape index (κ2) is 16.4. The Bertz CT molecular complexity index is 1830. The Hall–Kier alpha value is -2.61. The lowest BCUT2D eigenvalue weighted by atomic mass is 9.87. The summed E-state index contributed by atoms with van der Waals surface area (Å²) >= 11 is 0. The molecule has 274 valence electrons. The molecule has 1 unspecified atom stereocenters. The number of fused-ring (bicyclic) bond motifs is 2. The Morgan fingerprint density at radius 1 is 1.12 bits per heavy atom. The fourth-order valence-corrected chi connectivity index (χ4v) is 11.8. The molecular weight excluding hydrogens is 680 g/mol. The van der Waals surface area contributed by atoms with E-state index in [9.17, 15) is 9.36 Å². The summed E-state index contributed by atoms with van der Waals surface area (Å²) in [4.78, 5) is 23.6. The first-order valence-electron chi connectivity index (χ1n) is 18.6. The van der Waals surface area contributed by atoms with Crippen LogP contribution in [-0.2, 0) is 18.4 Å². The van der Waals surface area contributed by atoms with E-state index < -0.39 is 24.6 Å². The van der Waals surface area contributed by atoms with Crippen molar-refractivity contribution in [2.75, 3.05) is 32.8 Å². The highest BCUT2D eigenvalue weighted by Crippen LogP contribution is 2.45. The van der Waals surface area contributed by atoms with Gasteiger partial charge < -0.3 is 4.98 Å². The number of aryl methyl sites for hydroxylation is 1. The molecule has 0 saturated carbocycles. The molecule has 1 fully saturated rings. The van der Waals surface area contributed by atoms with E-state index >= 15 is 0 Å². The highest BCUT2D eigenvalue weighted by molar-refractivity contribution is 7.52. The van der Waals surface area contributed by atoms with Gasteiger partial charge in [-0.1, -0.05) is 65.5 Å². The van der Waals surface area contributed by atoms with Gasteiger partial charge in [0.15, 0.2) is 5.65 Å². The molecule has 10 nitrogen and oxygen atoms in total. The first-order valence-corrected chi connectivity index (χ1v) is 26.7. The molecule has 1 atom stereocenters. The van der Waals surface area contributed by atoms with Crippen molar-refractivity contribution in [1.29, 1.82) is 0 Å². The summed E-state index contributed by atoms with van der Waals surface area (Å²) in [5.41, 5.74) is 9.33. The number of aromatic nitrogens is 4. The van der Waals surface area contributed by atoms with E-state index in [1.54, 1.807) is 6.33 Å². The van der Waals surface area contributed by atoms with Crippen LogP contribution in [0.15, 0.2) is 30.7 Å². The maximum absolute atomic E-state index is 13.7. The number of piperidine rings is 1. The predicted molar refractivity (Wildman–Crippen MR) is 211 cm³/mol. The van der Waals surface area contributed by atoms with Gasteiger partial charge in [0.2, 0.25) is 5.91 Å². The summed E-state index contributed by atoms with van der Waals surface area (Å²) < 4.78 is 27.2. The highest BCUT2D eigenvalue weighted by atomic mass is 31.2. The van der Waals surface area contributed by atoms with Gasteiger partial charge in [0, 0.05) is 39.5 Å². The van der Waals surface area contributed by atoms with Crippen LogP contribution in [0.2, 0.25) is 44.3 Å². The van der Waals surface area contributed by atoms with Crippen molar-refractivity contribution in [3.63, 3.8) is 0 Å². The minimum Gasteiger partial charge on any atom is -0.354 e. The monoisotopic (exact) mass is 738 g/mol. The summed E-state index contributed by atoms with van der Waals surface area (Å²) in [6.45, 7) is 22.6. The molecular formula is C37H59N6O4PSi2. The summed E-state index contributed by atoms with van der Waals surface area (Å²) in [5.74, 6) is 0.430. The molecule has 1 aliphatic rings. The van der Waals surface area contributed by atoms with Crippen molar-refractivity contribution in [2.24, 2.45) is 0 Å². The van der Waals surface area contributed by atoms with Gasteiger partial charge in [-0.15, -0.1) is 0 Å². The molecule has 0 aliphatic carbocycles. The van der Waals surface area contributed by atoms with Gasteiger partial charge in [0.1, 0.15) is 6.33 Å². The number of carbonyl (C=O) groups excluding carboxylic acids is 1. The molecule has 13 heteroatoms. The minimum absolute atomic E-state index is 0.186. The van der Waals surface area contributed by atoms with Crippen molar-refractivity contribution >= 4 is 47.1 Å². The highest BCUT2D eigenvalue weighted by Gasteiger charge is 2.31. The average molecular weight is 739 g/mol. The molecule has 1 amide bonds. The number of carbonyl (C=O) groups is 1. The van der Waals surface area contributed by atoms with Crippen LogP contribution < -0.4 is 5.09 Å². The largest absolute Gasteiger partial charge is 0.434 e. The second-order valence-corrected chi connectivity index (χ2v) is 26.2. The third-order valence-corrected chi connectivity index (χ3v) is 16.8. The molecule has 0 bridgehead atoms. The minimum atomic E-state index is -3.73. The Balaban J connectivity index is 1.24. The van der Waals surface area contributed by atoms with Crippen LogP contribution in [0.4, 0.5) is 0 Å². The van der Waals surface area contributed by atoms with Crippen LogP contribution >= 0.6 is 7.75 Å². The van der Waals surface area contributed by atoms with E-state index in [1.807, 2.05) is 4.52 Å². The van der Waals surface area contributed by atoms with Gasteiger partial charge in [-0.3, -0.25) is 23.8 Å². The lowest BCUT2D eigenvalue weighted by molar-refractivity contribution is -0.121. The molecule has 0 radical (unpaired) electrons. The van der Waals surface area contributed by atoms with Gasteiger partial charge in [0.05, 0.1) is 25.5 Å². The molecule has 0 spiro atoms. The zero-order valence-electron chi connectivity index (χ0n) is 31.8. The summed E-state index contributed by atoms with van der Waals surface area (Å²) in [7, 11) is -6.05. The zero-order chi connectivity index (χ0) is 36.2. The molecule has 4 heterocycles. The number of hydrogen-bond acceptors (Lipinski definition) is 7. The molecule has 2 N–H and O–H groups in total. The van der Waals surface area contributed by atoms with E-state index in [0.29, 0.717) is 25.0 Å². The van der Waals surface area contributed by atoms with Gasteiger partial charge in [-0.25, -0.2) is 14.1 Å². The number of H-pyrrole nitrogens is 1. The fourth-order valence-electron chi connectivity index (χ4n) is 7.32. The maximum Gasteiger partial charge on any atom is 0.434 e. The topological polar surface area (TPSA) is 114 Å². The van der Waals surface area contributed by atoms with Crippen LogP contribution in [-0.4, -0.2) is 80.1 Å². The van der Waals surface area contributed by atoms with Crippen LogP contribution in [0.25, 0.3) is 27.8 Å². The standard InChI is InChI=1S/C37H59N6O4PSi2/c1-10-20-50(8,9)21-18-47-48(45,46-17-19-49(6)7)41-34(44)24-42-15-13-29(14-16-42)30-11-12-33-31(22-30)35(26(2)3)36(40-33)32-23-43-37(38-25-39-43)28(5)27(32)4/h11-12,22-23,25-26,29,40,49H,10,13-21,24H2,1-9H3,(H,41,44,45). The van der Waals surface area contributed by atoms with E-state index in [-0.39, 0.29) is 12.5 Å². The van der Waals surface area contributed by atoms with Gasteiger partial charge >= 0.3 is 7.75 Å². The molecule has 1 aromatic carbocycles. The lowest BCUT2D eigenvalue weighted by Crippen LogP contribution is -2.40. The normalized spacial score (nSPS) is 16.2. The van der Waals surface area contributed by atoms with E-state index in [2.05, 4.69) is 110 Å². The number of pyridine rings is 1. The number of aromatic amines is 1. The van der Waals surface area contributed by atoms with Crippen LogP contribution in [0, 0.1) is 13.8 Å². The molecule has 50 heavy (non-hydrogen) atoms. The van der Waals surface area contributed by atoms with Crippen molar-refractivity contribution in [2.45, 2.75) is 110 Å². The number of likely N-dealkylation sites (tertiary alicyclic amines) is 1. The van der Waals surface area contributed by atoms with E-state index in [0.717, 1.165) is 72.4 Å². The Morgan fingerprint density at radius 2 is 1.84 bits per heavy atom. The second-order valence-electron chi connectivity index (χ2n) is 15.8. The fraction of sp³-hybridized carbons (Fsp3) is 0.595. The average Bonchev–Trinajstić information content (AvgIpc) is 3.67. The lowest BCUT2D eigenvalue weighted by Gasteiger charge is -2.32. The molecule has 5 rings (SSSR count). The molecule has 4 aromatic rings. The van der Waals surface area contributed by atoms with E-state index in [1.165, 1.54) is 28.1 Å². The molecule has 1 aliphatic heterocycles. The van der Waals surface area contributed by atoms with Crippen molar-refractivity contribution in [3.05, 3.63) is 53.0 Å². The Labute approximate surface area is 301 Å². The number of nitrogens with one attached hydrogen (secondary N) is 2. The maximum atomic E-state index is 13.7. The van der Waals surface area contributed by atoms with Gasteiger partial charge in [0.25, 0.3) is 0 Å². The summed E-state index contributed by atoms with van der Waals surface area (Å²) in [6, 6.07) is 9.84. The van der Waals surface area contributed by atoms with Crippen molar-refractivity contribution < 1.29 is 18.4 Å². The number of amides is 1. The third-order valence-electron chi connectivity index (χ3n) is 10.4. The number of nitrogens with zero attached hydrogens (tertiary/aromatic N) is 4. The summed E-state index contributed by atoms with van der Waals surface area (Å²) in [5, 5.41) is 8.39. The van der Waals surface area contributed by atoms with Crippen LogP contribution in [0.1, 0.15) is 74.1 Å².